The molecule has 0 aliphatic heterocycles. The number of aromatic nitrogens is 2. The molecule has 0 saturated heterocycles. The van der Waals surface area contributed by atoms with Gasteiger partial charge in [-0.15, -0.1) is 0 Å². The van der Waals surface area contributed by atoms with Crippen molar-refractivity contribution in [2.75, 3.05) is 26.2 Å². The van der Waals surface area contributed by atoms with E-state index in [2.05, 4.69) is 52.2 Å². The Kier molecular flexibility index (Phi) is 7.31. The third-order valence-electron chi connectivity index (χ3n) is 5.95. The van der Waals surface area contributed by atoms with Crippen molar-refractivity contribution in [2.45, 2.75) is 58.9 Å². The average Bonchev–Trinajstić information content (AvgIpc) is 3.02. The molecule has 0 spiro atoms. The number of hydrogen-bond donors (Lipinski definition) is 3. The standard InChI is InChI=1S/C22H35N5O/c1-3-23-21(25-17-22(13-16-28)11-7-4-8-12-22)24-14-15-27-18(2)26-19-9-5-6-10-20(19)27/h5-6,9-10,28H,3-4,7-8,11-17H2,1-2H3,(H2,23,24,25). The highest BCUT2D eigenvalue weighted by molar-refractivity contribution is 5.80. The van der Waals surface area contributed by atoms with E-state index in [1.807, 2.05) is 6.07 Å². The molecular weight excluding hydrogens is 350 g/mol. The first kappa shape index (κ1) is 20.6. The third kappa shape index (κ3) is 5.04. The molecule has 3 rings (SSSR count). The molecule has 2 aromatic rings. The second-order valence-electron chi connectivity index (χ2n) is 7.96. The van der Waals surface area contributed by atoms with Crippen molar-refractivity contribution in [3.8, 4) is 0 Å². The van der Waals surface area contributed by atoms with Gasteiger partial charge in [0.25, 0.3) is 0 Å². The molecular formula is C22H35N5O. The summed E-state index contributed by atoms with van der Waals surface area (Å²) in [4.78, 5) is 9.53. The number of rotatable bonds is 8. The van der Waals surface area contributed by atoms with Crippen LogP contribution in [0.5, 0.6) is 0 Å². The van der Waals surface area contributed by atoms with E-state index in [1.54, 1.807) is 0 Å². The molecule has 1 aromatic heterocycles. The van der Waals surface area contributed by atoms with E-state index in [9.17, 15) is 5.11 Å². The smallest absolute Gasteiger partial charge is 0.191 e. The number of aliphatic imine (C=N–C) groups is 1. The summed E-state index contributed by atoms with van der Waals surface area (Å²) in [6.45, 7) is 7.67. The second-order valence-corrected chi connectivity index (χ2v) is 7.96. The SMILES string of the molecule is CCNC(=NCC1(CCO)CCCCC1)NCCn1c(C)nc2ccccc21. The first-order valence-corrected chi connectivity index (χ1v) is 10.7. The fourth-order valence-electron chi connectivity index (χ4n) is 4.38. The maximum absolute atomic E-state index is 9.52. The molecule has 1 aliphatic rings. The Hall–Kier alpha value is -2.08. The van der Waals surface area contributed by atoms with Gasteiger partial charge in [0.1, 0.15) is 5.82 Å². The minimum atomic E-state index is 0.173. The third-order valence-corrected chi connectivity index (χ3v) is 5.95. The zero-order valence-electron chi connectivity index (χ0n) is 17.4. The van der Waals surface area contributed by atoms with Crippen LogP contribution in [0.2, 0.25) is 0 Å². The highest BCUT2D eigenvalue weighted by Crippen LogP contribution is 2.39. The van der Waals surface area contributed by atoms with E-state index in [0.717, 1.165) is 49.9 Å². The lowest BCUT2D eigenvalue weighted by molar-refractivity contribution is 0.137. The molecule has 0 bridgehead atoms. The van der Waals surface area contributed by atoms with E-state index in [0.29, 0.717) is 0 Å². The second kappa shape index (κ2) is 9.92. The summed E-state index contributed by atoms with van der Waals surface area (Å²) in [5.74, 6) is 1.90. The van der Waals surface area contributed by atoms with Crippen molar-refractivity contribution in [3.05, 3.63) is 30.1 Å². The topological polar surface area (TPSA) is 74.5 Å². The van der Waals surface area contributed by atoms with E-state index in [-0.39, 0.29) is 12.0 Å². The number of benzene rings is 1. The number of hydrogen-bond acceptors (Lipinski definition) is 3. The number of aliphatic hydroxyl groups excluding tert-OH is 1. The first-order chi connectivity index (χ1) is 13.7. The Labute approximate surface area is 168 Å². The minimum absolute atomic E-state index is 0.173. The van der Waals surface area contributed by atoms with Gasteiger partial charge >= 0.3 is 0 Å². The van der Waals surface area contributed by atoms with Crippen molar-refractivity contribution in [2.24, 2.45) is 10.4 Å². The molecule has 1 fully saturated rings. The molecule has 0 amide bonds. The van der Waals surface area contributed by atoms with Gasteiger partial charge in [-0.25, -0.2) is 4.98 Å². The van der Waals surface area contributed by atoms with Crippen LogP contribution in [0.3, 0.4) is 0 Å². The van der Waals surface area contributed by atoms with Crippen molar-refractivity contribution in [1.82, 2.24) is 20.2 Å². The summed E-state index contributed by atoms with van der Waals surface area (Å²) in [7, 11) is 0. The Morgan fingerprint density at radius 2 is 2.00 bits per heavy atom. The minimum Gasteiger partial charge on any atom is -0.396 e. The highest BCUT2D eigenvalue weighted by atomic mass is 16.3. The van der Waals surface area contributed by atoms with E-state index in [4.69, 9.17) is 4.99 Å². The number of aryl methyl sites for hydroxylation is 1. The predicted molar refractivity (Wildman–Crippen MR) is 116 cm³/mol. The van der Waals surface area contributed by atoms with Crippen LogP contribution in [0.1, 0.15) is 51.3 Å². The van der Waals surface area contributed by atoms with Gasteiger partial charge in [0.15, 0.2) is 5.96 Å². The number of fused-ring (bicyclic) bond motifs is 1. The molecule has 3 N–H and O–H groups in total. The van der Waals surface area contributed by atoms with Gasteiger partial charge in [-0.2, -0.15) is 0 Å². The van der Waals surface area contributed by atoms with Gasteiger partial charge in [0, 0.05) is 32.8 Å². The van der Waals surface area contributed by atoms with E-state index < -0.39 is 0 Å². The maximum atomic E-state index is 9.52. The molecule has 1 aromatic carbocycles. The molecule has 6 heteroatoms. The first-order valence-electron chi connectivity index (χ1n) is 10.7. The molecule has 0 unspecified atom stereocenters. The van der Waals surface area contributed by atoms with Gasteiger partial charge in [-0.05, 0) is 50.7 Å². The van der Waals surface area contributed by atoms with Gasteiger partial charge < -0.3 is 20.3 Å². The molecule has 1 heterocycles. The Bertz CT molecular complexity index is 771. The van der Waals surface area contributed by atoms with Crippen LogP contribution < -0.4 is 10.6 Å². The summed E-state index contributed by atoms with van der Waals surface area (Å²) in [5.41, 5.74) is 2.39. The van der Waals surface area contributed by atoms with Crippen molar-refractivity contribution < 1.29 is 5.11 Å². The zero-order valence-corrected chi connectivity index (χ0v) is 17.4. The number of nitrogens with zero attached hydrogens (tertiary/aromatic N) is 3. The van der Waals surface area contributed by atoms with E-state index >= 15 is 0 Å². The molecule has 1 aliphatic carbocycles. The van der Waals surface area contributed by atoms with Crippen LogP contribution >= 0.6 is 0 Å². The summed E-state index contributed by atoms with van der Waals surface area (Å²) < 4.78 is 2.25. The zero-order chi connectivity index (χ0) is 19.8. The fraction of sp³-hybridized carbons (Fsp3) is 0.636. The number of nitrogens with one attached hydrogen (secondary N) is 2. The lowest BCUT2D eigenvalue weighted by Gasteiger charge is -2.35. The molecule has 0 radical (unpaired) electrons. The van der Waals surface area contributed by atoms with Gasteiger partial charge in [0.2, 0.25) is 0 Å². The monoisotopic (exact) mass is 385 g/mol. The molecule has 28 heavy (non-hydrogen) atoms. The Morgan fingerprint density at radius 3 is 2.75 bits per heavy atom. The van der Waals surface area contributed by atoms with Crippen LogP contribution in [0.4, 0.5) is 0 Å². The summed E-state index contributed by atoms with van der Waals surface area (Å²) >= 11 is 0. The van der Waals surface area contributed by atoms with Crippen LogP contribution in [-0.4, -0.2) is 46.9 Å². The maximum Gasteiger partial charge on any atom is 0.191 e. The van der Waals surface area contributed by atoms with Crippen molar-refractivity contribution >= 4 is 17.0 Å². The van der Waals surface area contributed by atoms with E-state index in [1.165, 1.54) is 37.6 Å². The lowest BCUT2D eigenvalue weighted by Crippen LogP contribution is -2.40. The van der Waals surface area contributed by atoms with Gasteiger partial charge in [0.05, 0.1) is 11.0 Å². The molecule has 6 nitrogen and oxygen atoms in total. The number of aliphatic hydroxyl groups is 1. The van der Waals surface area contributed by atoms with Crippen molar-refractivity contribution in [3.63, 3.8) is 0 Å². The highest BCUT2D eigenvalue weighted by Gasteiger charge is 2.31. The predicted octanol–water partition coefficient (Wildman–Crippen LogP) is 3.23. The molecule has 0 atom stereocenters. The molecule has 154 valence electrons. The van der Waals surface area contributed by atoms with Crippen LogP contribution in [0, 0.1) is 12.3 Å². The summed E-state index contributed by atoms with van der Waals surface area (Å²) in [5, 5.41) is 16.4. The Balaban J connectivity index is 1.62. The van der Waals surface area contributed by atoms with Gasteiger partial charge in [-0.3, -0.25) is 4.99 Å². The van der Waals surface area contributed by atoms with Gasteiger partial charge in [-0.1, -0.05) is 31.4 Å². The largest absolute Gasteiger partial charge is 0.396 e. The number of imidazole rings is 1. The molecule has 1 saturated carbocycles. The van der Waals surface area contributed by atoms with Crippen LogP contribution in [0.25, 0.3) is 11.0 Å². The quantitative estimate of drug-likeness (QED) is 0.482. The summed E-state index contributed by atoms with van der Waals surface area (Å²) in [6, 6.07) is 8.27. The van der Waals surface area contributed by atoms with Crippen LogP contribution in [-0.2, 0) is 6.54 Å². The van der Waals surface area contributed by atoms with Crippen molar-refractivity contribution in [1.29, 1.82) is 0 Å². The Morgan fingerprint density at radius 1 is 1.21 bits per heavy atom. The summed E-state index contributed by atoms with van der Waals surface area (Å²) in [6.07, 6.45) is 7.04. The van der Waals surface area contributed by atoms with Crippen LogP contribution in [0.15, 0.2) is 29.3 Å². The number of para-hydroxylation sites is 2. The number of guanidine groups is 1. The normalized spacial score (nSPS) is 17.0. The average molecular weight is 386 g/mol. The fourth-order valence-corrected chi connectivity index (χ4v) is 4.38. The lowest BCUT2D eigenvalue weighted by atomic mass is 9.72.